The average molecular weight is 242 g/mol. The van der Waals surface area contributed by atoms with Crippen LogP contribution >= 0.6 is 11.8 Å². The molecular weight excluding hydrogens is 228 g/mol. The maximum Gasteiger partial charge on any atom is 0.272 e. The number of ether oxygens (including phenoxy) is 1. The number of non-ortho nitro benzene ring substituents is 1. The van der Waals surface area contributed by atoms with E-state index in [1.54, 1.807) is 24.9 Å². The van der Waals surface area contributed by atoms with Crippen molar-refractivity contribution in [1.82, 2.24) is 0 Å². The van der Waals surface area contributed by atoms with Gasteiger partial charge in [0.15, 0.2) is 0 Å². The molecule has 0 atom stereocenters. The SMILES string of the molecule is COCCCSc1cc(N)cc([N+](=O)[O-])c1. The Kier molecular flexibility index (Phi) is 5.07. The first kappa shape index (κ1) is 12.8. The number of anilines is 1. The third kappa shape index (κ3) is 4.08. The summed E-state index contributed by atoms with van der Waals surface area (Å²) in [4.78, 5) is 11.0. The van der Waals surface area contributed by atoms with Gasteiger partial charge in [-0.1, -0.05) is 0 Å². The van der Waals surface area contributed by atoms with E-state index in [9.17, 15) is 10.1 Å². The molecule has 0 aromatic heterocycles. The van der Waals surface area contributed by atoms with Crippen molar-refractivity contribution >= 4 is 23.1 Å². The topological polar surface area (TPSA) is 78.4 Å². The fourth-order valence-corrected chi connectivity index (χ4v) is 2.11. The van der Waals surface area contributed by atoms with Crippen LogP contribution < -0.4 is 5.73 Å². The van der Waals surface area contributed by atoms with Crippen LogP contribution in [-0.4, -0.2) is 24.4 Å². The van der Waals surface area contributed by atoms with Crippen molar-refractivity contribution in [2.75, 3.05) is 25.2 Å². The van der Waals surface area contributed by atoms with E-state index in [0.717, 1.165) is 17.1 Å². The summed E-state index contributed by atoms with van der Waals surface area (Å²) in [6, 6.07) is 4.64. The lowest BCUT2D eigenvalue weighted by Gasteiger charge is -2.03. The van der Waals surface area contributed by atoms with Gasteiger partial charge < -0.3 is 10.5 Å². The molecule has 0 unspecified atom stereocenters. The predicted molar refractivity (Wildman–Crippen MR) is 64.7 cm³/mol. The summed E-state index contributed by atoms with van der Waals surface area (Å²) in [7, 11) is 1.65. The highest BCUT2D eigenvalue weighted by atomic mass is 32.2. The third-order valence-corrected chi connectivity index (χ3v) is 2.95. The molecule has 2 N–H and O–H groups in total. The molecule has 0 aliphatic heterocycles. The number of rotatable bonds is 6. The van der Waals surface area contributed by atoms with E-state index in [2.05, 4.69) is 0 Å². The van der Waals surface area contributed by atoms with E-state index < -0.39 is 4.92 Å². The Morgan fingerprint density at radius 1 is 1.50 bits per heavy atom. The highest BCUT2D eigenvalue weighted by Gasteiger charge is 2.08. The van der Waals surface area contributed by atoms with Crippen molar-refractivity contribution in [3.05, 3.63) is 28.3 Å². The smallest absolute Gasteiger partial charge is 0.272 e. The van der Waals surface area contributed by atoms with E-state index in [1.165, 1.54) is 12.1 Å². The number of benzene rings is 1. The van der Waals surface area contributed by atoms with Crippen LogP contribution in [0.1, 0.15) is 6.42 Å². The summed E-state index contributed by atoms with van der Waals surface area (Å²) in [5.74, 6) is 0.856. The maximum atomic E-state index is 10.6. The molecule has 0 bridgehead atoms. The molecule has 1 rings (SSSR count). The van der Waals surface area contributed by atoms with Gasteiger partial charge in [-0.15, -0.1) is 11.8 Å². The molecule has 0 spiro atoms. The molecule has 0 saturated carbocycles. The average Bonchev–Trinajstić information content (AvgIpc) is 2.23. The second kappa shape index (κ2) is 6.34. The molecule has 1 aromatic rings. The minimum atomic E-state index is -0.435. The monoisotopic (exact) mass is 242 g/mol. The molecule has 0 aliphatic carbocycles. The van der Waals surface area contributed by atoms with Crippen molar-refractivity contribution in [1.29, 1.82) is 0 Å². The summed E-state index contributed by atoms with van der Waals surface area (Å²) in [6.45, 7) is 0.692. The van der Waals surface area contributed by atoms with Crippen molar-refractivity contribution in [2.45, 2.75) is 11.3 Å². The minimum Gasteiger partial charge on any atom is -0.398 e. The fourth-order valence-electron chi connectivity index (χ4n) is 1.19. The molecule has 88 valence electrons. The quantitative estimate of drug-likeness (QED) is 0.272. The highest BCUT2D eigenvalue weighted by Crippen LogP contribution is 2.26. The van der Waals surface area contributed by atoms with Crippen LogP contribution in [0.3, 0.4) is 0 Å². The molecule has 1 aromatic carbocycles. The van der Waals surface area contributed by atoms with Crippen LogP contribution in [0.4, 0.5) is 11.4 Å². The third-order valence-electron chi connectivity index (χ3n) is 1.89. The van der Waals surface area contributed by atoms with Gasteiger partial charge in [0, 0.05) is 42.2 Å². The molecule has 5 nitrogen and oxygen atoms in total. The van der Waals surface area contributed by atoms with E-state index in [-0.39, 0.29) is 5.69 Å². The first-order chi connectivity index (χ1) is 7.63. The van der Waals surface area contributed by atoms with Gasteiger partial charge in [0.05, 0.1) is 4.92 Å². The number of nitrogen functional groups attached to an aromatic ring is 1. The Balaban J connectivity index is 2.62. The van der Waals surface area contributed by atoms with Gasteiger partial charge in [0.25, 0.3) is 5.69 Å². The van der Waals surface area contributed by atoms with Gasteiger partial charge in [0.2, 0.25) is 0 Å². The normalized spacial score (nSPS) is 10.3. The van der Waals surface area contributed by atoms with Crippen LogP contribution in [0.5, 0.6) is 0 Å². The summed E-state index contributed by atoms with van der Waals surface area (Å²) in [6.07, 6.45) is 0.907. The molecule has 0 aliphatic rings. The maximum absolute atomic E-state index is 10.6. The highest BCUT2D eigenvalue weighted by molar-refractivity contribution is 7.99. The van der Waals surface area contributed by atoms with Crippen molar-refractivity contribution in [3.8, 4) is 0 Å². The molecular formula is C10H14N2O3S. The zero-order valence-corrected chi connectivity index (χ0v) is 9.83. The van der Waals surface area contributed by atoms with Crippen LogP contribution in [0.25, 0.3) is 0 Å². The zero-order chi connectivity index (χ0) is 12.0. The van der Waals surface area contributed by atoms with Gasteiger partial charge in [-0.25, -0.2) is 0 Å². The van der Waals surface area contributed by atoms with Gasteiger partial charge in [-0.3, -0.25) is 10.1 Å². The standard InChI is InChI=1S/C10H14N2O3S/c1-15-3-2-4-16-10-6-8(11)5-9(7-10)12(13)14/h5-7H,2-4,11H2,1H3. The van der Waals surface area contributed by atoms with Crippen LogP contribution in [0.15, 0.2) is 23.1 Å². The first-order valence-corrected chi connectivity index (χ1v) is 5.78. The summed E-state index contributed by atoms with van der Waals surface area (Å²) >= 11 is 1.54. The Labute approximate surface area is 98.1 Å². The molecule has 0 radical (unpaired) electrons. The van der Waals surface area contributed by atoms with Crippen LogP contribution in [0, 0.1) is 10.1 Å². The van der Waals surface area contributed by atoms with Crippen LogP contribution in [-0.2, 0) is 4.74 Å². The van der Waals surface area contributed by atoms with Gasteiger partial charge in [-0.05, 0) is 12.5 Å². The number of hydrogen-bond acceptors (Lipinski definition) is 5. The second-order valence-electron chi connectivity index (χ2n) is 3.21. The summed E-state index contributed by atoms with van der Waals surface area (Å²) < 4.78 is 4.92. The van der Waals surface area contributed by atoms with Crippen molar-refractivity contribution in [3.63, 3.8) is 0 Å². The van der Waals surface area contributed by atoms with Gasteiger partial charge >= 0.3 is 0 Å². The Hall–Kier alpha value is -1.27. The summed E-state index contributed by atoms with van der Waals surface area (Å²) in [5.41, 5.74) is 6.04. The lowest BCUT2D eigenvalue weighted by atomic mass is 10.3. The lowest BCUT2D eigenvalue weighted by Crippen LogP contribution is -1.93. The van der Waals surface area contributed by atoms with Gasteiger partial charge in [-0.2, -0.15) is 0 Å². The fraction of sp³-hybridized carbons (Fsp3) is 0.400. The number of methoxy groups -OCH3 is 1. The molecule has 0 fully saturated rings. The molecule has 0 saturated heterocycles. The van der Waals surface area contributed by atoms with Crippen molar-refractivity contribution in [2.24, 2.45) is 0 Å². The lowest BCUT2D eigenvalue weighted by molar-refractivity contribution is -0.385. The second-order valence-corrected chi connectivity index (χ2v) is 4.38. The molecule has 6 heteroatoms. The first-order valence-electron chi connectivity index (χ1n) is 4.80. The Morgan fingerprint density at radius 2 is 2.25 bits per heavy atom. The van der Waals surface area contributed by atoms with Crippen LogP contribution in [0.2, 0.25) is 0 Å². The molecule has 0 amide bonds. The molecule has 0 heterocycles. The van der Waals surface area contributed by atoms with E-state index in [0.29, 0.717) is 12.3 Å². The number of nitro benzene ring substituents is 1. The Bertz CT molecular complexity index is 371. The Morgan fingerprint density at radius 3 is 2.88 bits per heavy atom. The molecule has 16 heavy (non-hydrogen) atoms. The number of thioether (sulfide) groups is 1. The van der Waals surface area contributed by atoms with E-state index in [1.807, 2.05) is 0 Å². The van der Waals surface area contributed by atoms with Gasteiger partial charge in [0.1, 0.15) is 0 Å². The van der Waals surface area contributed by atoms with Crippen molar-refractivity contribution < 1.29 is 9.66 Å². The number of hydrogen-bond donors (Lipinski definition) is 1. The predicted octanol–water partition coefficient (Wildman–Crippen LogP) is 2.31. The number of nitro groups is 1. The largest absolute Gasteiger partial charge is 0.398 e. The summed E-state index contributed by atoms with van der Waals surface area (Å²) in [5, 5.41) is 10.6. The van der Waals surface area contributed by atoms with E-state index in [4.69, 9.17) is 10.5 Å². The number of nitrogens with zero attached hydrogens (tertiary/aromatic N) is 1. The minimum absolute atomic E-state index is 0.0363. The number of nitrogens with two attached hydrogens (primary N) is 1. The zero-order valence-electron chi connectivity index (χ0n) is 9.01. The van der Waals surface area contributed by atoms with E-state index >= 15 is 0 Å².